The highest BCUT2D eigenvalue weighted by atomic mass is 19.1. The van der Waals surface area contributed by atoms with E-state index in [0.717, 1.165) is 5.57 Å². The first kappa shape index (κ1) is 19.3. The van der Waals surface area contributed by atoms with Gasteiger partial charge in [-0.25, -0.2) is 14.2 Å². The number of anilines is 1. The lowest BCUT2D eigenvalue weighted by atomic mass is 10.00. The Labute approximate surface area is 162 Å². The van der Waals surface area contributed by atoms with Crippen LogP contribution < -0.4 is 15.5 Å². The molecule has 0 aliphatic carbocycles. The zero-order valence-corrected chi connectivity index (χ0v) is 15.7. The smallest absolute Gasteiger partial charge is 0.317 e. The van der Waals surface area contributed by atoms with E-state index in [9.17, 15) is 14.0 Å². The number of nitrogens with zero attached hydrogens (tertiary/aromatic N) is 2. The van der Waals surface area contributed by atoms with Crippen LogP contribution >= 0.6 is 0 Å². The molecule has 6 nitrogen and oxygen atoms in total. The number of likely N-dealkylation sites (N-methyl/N-ethyl adjacent to an activating group) is 1. The maximum atomic E-state index is 14.5. The van der Waals surface area contributed by atoms with Crippen molar-refractivity contribution in [1.82, 2.24) is 10.6 Å². The number of hydrogen-bond acceptors (Lipinski definition) is 3. The lowest BCUT2D eigenvalue weighted by molar-refractivity contribution is -0.119. The van der Waals surface area contributed by atoms with Crippen molar-refractivity contribution in [3.63, 3.8) is 0 Å². The molecular weight excluding hydrogens is 359 g/mol. The second kappa shape index (κ2) is 8.04. The minimum Gasteiger partial charge on any atom is -0.334 e. The molecule has 3 amide bonds. The van der Waals surface area contributed by atoms with Gasteiger partial charge in [0.2, 0.25) is 6.17 Å². The Balaban J connectivity index is 2.06. The molecule has 3 rings (SSSR count). The van der Waals surface area contributed by atoms with Crippen LogP contribution in [-0.4, -0.2) is 37.4 Å². The molecule has 0 spiro atoms. The Morgan fingerprint density at radius 2 is 1.82 bits per heavy atom. The van der Waals surface area contributed by atoms with Crippen molar-refractivity contribution in [2.75, 3.05) is 18.5 Å². The molecule has 1 heterocycles. The van der Waals surface area contributed by atoms with E-state index in [1.807, 2.05) is 0 Å². The largest absolute Gasteiger partial charge is 0.334 e. The molecule has 1 atom stereocenters. The van der Waals surface area contributed by atoms with Crippen molar-refractivity contribution in [2.45, 2.75) is 13.1 Å². The number of carbonyl (C=O) groups excluding carboxylic acids is 2. The Bertz CT molecular complexity index is 970. The number of amides is 3. The summed E-state index contributed by atoms with van der Waals surface area (Å²) in [6.07, 6.45) is -1.20. The molecular formula is C21H21FN4O2. The predicted octanol–water partition coefficient (Wildman–Crippen LogP) is 2.84. The van der Waals surface area contributed by atoms with Crippen LogP contribution in [0.25, 0.3) is 0 Å². The van der Waals surface area contributed by atoms with Gasteiger partial charge >= 0.3 is 6.03 Å². The van der Waals surface area contributed by atoms with Crippen molar-refractivity contribution in [2.24, 2.45) is 4.99 Å². The molecule has 1 aliphatic heterocycles. The van der Waals surface area contributed by atoms with Crippen LogP contribution in [-0.2, 0) is 4.79 Å². The van der Waals surface area contributed by atoms with E-state index in [4.69, 9.17) is 0 Å². The maximum absolute atomic E-state index is 14.5. The van der Waals surface area contributed by atoms with Gasteiger partial charge in [-0.15, -0.1) is 0 Å². The number of nitrogens with one attached hydrogen (secondary N) is 2. The topological polar surface area (TPSA) is 73.8 Å². The van der Waals surface area contributed by atoms with Gasteiger partial charge < -0.3 is 15.5 Å². The molecule has 1 aliphatic rings. The van der Waals surface area contributed by atoms with Gasteiger partial charge in [-0.3, -0.25) is 4.79 Å². The highest BCUT2D eigenvalue weighted by Gasteiger charge is 2.31. The molecule has 2 N–H and O–H groups in total. The first-order valence-corrected chi connectivity index (χ1v) is 8.77. The van der Waals surface area contributed by atoms with Gasteiger partial charge in [0.25, 0.3) is 5.91 Å². The van der Waals surface area contributed by atoms with Gasteiger partial charge in [0.05, 0.1) is 11.4 Å². The Hall–Kier alpha value is -3.48. The van der Waals surface area contributed by atoms with Crippen LogP contribution in [0, 0.1) is 5.82 Å². The molecule has 0 radical (unpaired) electrons. The van der Waals surface area contributed by atoms with Crippen LogP contribution in [0.2, 0.25) is 0 Å². The third-order valence-electron chi connectivity index (χ3n) is 4.29. The van der Waals surface area contributed by atoms with E-state index >= 15 is 0 Å². The van der Waals surface area contributed by atoms with Crippen LogP contribution in [0.1, 0.15) is 18.1 Å². The first-order valence-electron chi connectivity index (χ1n) is 8.77. The van der Waals surface area contributed by atoms with Gasteiger partial charge in [0.1, 0.15) is 5.82 Å². The molecule has 0 saturated heterocycles. The summed E-state index contributed by atoms with van der Waals surface area (Å²) in [5.74, 6) is -0.886. The fraction of sp³-hybridized carbons (Fsp3) is 0.190. The van der Waals surface area contributed by atoms with Gasteiger partial charge in [-0.2, -0.15) is 0 Å². The Kier molecular flexibility index (Phi) is 5.54. The van der Waals surface area contributed by atoms with Gasteiger partial charge in [-0.05, 0) is 25.1 Å². The number of fused-ring (bicyclic) bond motifs is 1. The highest BCUT2D eigenvalue weighted by molar-refractivity contribution is 6.20. The van der Waals surface area contributed by atoms with Gasteiger partial charge in [0, 0.05) is 24.7 Å². The number of rotatable bonds is 4. The lowest BCUT2D eigenvalue weighted by Gasteiger charge is -2.21. The summed E-state index contributed by atoms with van der Waals surface area (Å²) in [4.78, 5) is 30.9. The lowest BCUT2D eigenvalue weighted by Crippen LogP contribution is -2.49. The van der Waals surface area contributed by atoms with Crippen LogP contribution in [0.3, 0.4) is 0 Å². The molecule has 0 bridgehead atoms. The van der Waals surface area contributed by atoms with E-state index < -0.39 is 23.9 Å². The minimum absolute atomic E-state index is 0.257. The molecule has 28 heavy (non-hydrogen) atoms. The van der Waals surface area contributed by atoms with Gasteiger partial charge in [0.15, 0.2) is 0 Å². The average molecular weight is 380 g/mol. The Morgan fingerprint density at radius 3 is 2.50 bits per heavy atom. The molecule has 0 fully saturated rings. The predicted molar refractivity (Wildman–Crippen MR) is 107 cm³/mol. The van der Waals surface area contributed by atoms with E-state index in [1.54, 1.807) is 56.4 Å². The number of benzene rings is 2. The zero-order valence-electron chi connectivity index (χ0n) is 15.7. The highest BCUT2D eigenvalue weighted by Crippen LogP contribution is 2.27. The quantitative estimate of drug-likeness (QED) is 0.801. The molecule has 7 heteroatoms. The summed E-state index contributed by atoms with van der Waals surface area (Å²) in [5, 5.41) is 5.16. The second-order valence-corrected chi connectivity index (χ2v) is 6.56. The second-order valence-electron chi connectivity index (χ2n) is 6.56. The average Bonchev–Trinajstić information content (AvgIpc) is 2.78. The van der Waals surface area contributed by atoms with Crippen LogP contribution in [0.15, 0.2) is 65.7 Å². The summed E-state index contributed by atoms with van der Waals surface area (Å²) < 4.78 is 14.5. The number of para-hydroxylation sites is 1. The SMILES string of the molecule is C=C(C)CNC(=O)NC1N=C(c2ccccc2F)c2ccccc2N(C)C1=O. The van der Waals surface area contributed by atoms with Crippen molar-refractivity contribution in [3.05, 3.63) is 77.6 Å². The molecule has 2 aromatic carbocycles. The van der Waals surface area contributed by atoms with E-state index in [0.29, 0.717) is 17.0 Å². The minimum atomic E-state index is -1.20. The van der Waals surface area contributed by atoms with Crippen molar-refractivity contribution in [3.8, 4) is 0 Å². The fourth-order valence-corrected chi connectivity index (χ4v) is 2.89. The van der Waals surface area contributed by atoms with Crippen molar-refractivity contribution in [1.29, 1.82) is 0 Å². The first-order chi connectivity index (χ1) is 13.4. The monoisotopic (exact) mass is 380 g/mol. The summed E-state index contributed by atoms with van der Waals surface area (Å²) in [7, 11) is 1.60. The zero-order chi connectivity index (χ0) is 20.3. The molecule has 0 saturated carbocycles. The number of aliphatic imine (C=N–C) groups is 1. The molecule has 2 aromatic rings. The van der Waals surface area contributed by atoms with Crippen molar-refractivity contribution < 1.29 is 14.0 Å². The summed E-state index contributed by atoms with van der Waals surface area (Å²) >= 11 is 0. The third-order valence-corrected chi connectivity index (χ3v) is 4.29. The van der Waals surface area contributed by atoms with E-state index in [1.165, 1.54) is 11.0 Å². The molecule has 1 unspecified atom stereocenters. The number of carbonyl (C=O) groups is 2. The normalized spacial score (nSPS) is 16.0. The number of urea groups is 1. The molecule has 144 valence electrons. The van der Waals surface area contributed by atoms with E-state index in [2.05, 4.69) is 22.2 Å². The number of benzodiazepines with no additional fused rings is 1. The summed E-state index contributed by atoms with van der Waals surface area (Å²) in [6, 6.07) is 12.8. The third kappa shape index (κ3) is 3.93. The standard InChI is InChI=1S/C21H21FN4O2/c1-13(2)12-23-21(28)25-19-20(27)26(3)17-11-7-5-9-15(17)18(24-19)14-8-4-6-10-16(14)22/h4-11,19H,1,12H2,2-3H3,(H2,23,25,28). The fourth-order valence-electron chi connectivity index (χ4n) is 2.89. The van der Waals surface area contributed by atoms with Crippen LogP contribution in [0.4, 0.5) is 14.9 Å². The maximum Gasteiger partial charge on any atom is 0.317 e. The molecule has 0 aromatic heterocycles. The number of halogens is 1. The van der Waals surface area contributed by atoms with Crippen molar-refractivity contribution >= 4 is 23.3 Å². The number of hydrogen-bond donors (Lipinski definition) is 2. The van der Waals surface area contributed by atoms with E-state index in [-0.39, 0.29) is 12.1 Å². The summed E-state index contributed by atoms with van der Waals surface area (Å²) in [6.45, 7) is 5.76. The summed E-state index contributed by atoms with van der Waals surface area (Å²) in [5.41, 5.74) is 2.52. The Morgan fingerprint density at radius 1 is 1.18 bits per heavy atom. The van der Waals surface area contributed by atoms with Gasteiger partial charge in [-0.1, -0.05) is 42.5 Å². The van der Waals surface area contributed by atoms with Crippen LogP contribution in [0.5, 0.6) is 0 Å².